The predicted octanol–water partition coefficient (Wildman–Crippen LogP) is 1.89. The van der Waals surface area contributed by atoms with E-state index in [2.05, 4.69) is 4.98 Å². The number of piperidine rings is 1. The third-order valence-electron chi connectivity index (χ3n) is 3.40. The molecule has 19 heavy (non-hydrogen) atoms. The van der Waals surface area contributed by atoms with Crippen LogP contribution in [0.5, 0.6) is 0 Å². The number of anilines is 2. The molecule has 1 aromatic rings. The van der Waals surface area contributed by atoms with Gasteiger partial charge in [0.2, 0.25) is 0 Å². The van der Waals surface area contributed by atoms with Gasteiger partial charge in [-0.1, -0.05) is 6.92 Å². The Morgan fingerprint density at radius 3 is 2.68 bits per heavy atom. The predicted molar refractivity (Wildman–Crippen MR) is 65.7 cm³/mol. The molecule has 0 spiro atoms. The molecule has 1 aromatic heterocycles. The number of hydrogen-bond acceptors (Lipinski definition) is 4. The summed E-state index contributed by atoms with van der Waals surface area (Å²) in [4.78, 5) is 5.56. The van der Waals surface area contributed by atoms with Gasteiger partial charge in [-0.3, -0.25) is 0 Å². The number of halogens is 3. The number of aromatic nitrogens is 1. The van der Waals surface area contributed by atoms with Crippen LogP contribution < -0.4 is 10.6 Å². The first-order valence-electron chi connectivity index (χ1n) is 6.05. The summed E-state index contributed by atoms with van der Waals surface area (Å²) < 4.78 is 38.1. The molecular weight excluding hydrogens is 259 g/mol. The fraction of sp³-hybridized carbons (Fsp3) is 0.583. The number of rotatable bonds is 1. The van der Waals surface area contributed by atoms with E-state index in [1.165, 1.54) is 0 Å². The maximum absolute atomic E-state index is 12.7. The molecule has 0 aliphatic carbocycles. The summed E-state index contributed by atoms with van der Waals surface area (Å²) in [6.07, 6.45) is -4.31. The van der Waals surface area contributed by atoms with Crippen molar-refractivity contribution >= 4 is 11.6 Å². The second-order valence-electron chi connectivity index (χ2n) is 4.92. The van der Waals surface area contributed by atoms with Crippen LogP contribution in [-0.4, -0.2) is 29.3 Å². The molecule has 2 rings (SSSR count). The maximum atomic E-state index is 12.7. The van der Waals surface area contributed by atoms with Crippen LogP contribution in [0.25, 0.3) is 0 Å². The van der Waals surface area contributed by atoms with E-state index in [1.54, 1.807) is 4.90 Å². The van der Waals surface area contributed by atoms with E-state index in [0.717, 1.165) is 12.1 Å². The summed E-state index contributed by atoms with van der Waals surface area (Å²) in [6.45, 7) is 2.75. The van der Waals surface area contributed by atoms with Crippen LogP contribution in [0.1, 0.15) is 18.9 Å². The van der Waals surface area contributed by atoms with Crippen molar-refractivity contribution in [3.8, 4) is 0 Å². The Morgan fingerprint density at radius 2 is 2.11 bits per heavy atom. The second kappa shape index (κ2) is 4.88. The molecule has 0 aromatic carbocycles. The molecule has 2 atom stereocenters. The molecule has 0 bridgehead atoms. The molecule has 3 N–H and O–H groups in total. The lowest BCUT2D eigenvalue weighted by Gasteiger charge is -2.35. The Morgan fingerprint density at radius 1 is 1.42 bits per heavy atom. The zero-order chi connectivity index (χ0) is 14.2. The summed E-state index contributed by atoms with van der Waals surface area (Å²) in [5.41, 5.74) is 4.61. The fourth-order valence-electron chi connectivity index (χ4n) is 2.12. The minimum atomic E-state index is -4.45. The van der Waals surface area contributed by atoms with Gasteiger partial charge in [-0.15, -0.1) is 0 Å². The van der Waals surface area contributed by atoms with Gasteiger partial charge in [0, 0.05) is 13.1 Å². The second-order valence-corrected chi connectivity index (χ2v) is 4.92. The highest BCUT2D eigenvalue weighted by molar-refractivity contribution is 5.49. The minimum Gasteiger partial charge on any atom is -0.391 e. The smallest absolute Gasteiger partial charge is 0.391 e. The van der Waals surface area contributed by atoms with Crippen molar-refractivity contribution in [2.45, 2.75) is 25.6 Å². The summed E-state index contributed by atoms with van der Waals surface area (Å²) in [5.74, 6) is 0.135. The lowest BCUT2D eigenvalue weighted by Crippen LogP contribution is -2.43. The molecule has 2 heterocycles. The summed E-state index contributed by atoms with van der Waals surface area (Å²) in [7, 11) is 0. The van der Waals surface area contributed by atoms with Crippen molar-refractivity contribution in [1.82, 2.24) is 4.98 Å². The maximum Gasteiger partial charge on any atom is 0.416 e. The number of aliphatic hydroxyl groups excluding tert-OH is 1. The molecular formula is C12H16F3N3O. The molecule has 106 valence electrons. The molecule has 2 unspecified atom stereocenters. The molecule has 1 saturated heterocycles. The molecule has 0 radical (unpaired) electrons. The van der Waals surface area contributed by atoms with E-state index in [1.807, 2.05) is 6.92 Å². The highest BCUT2D eigenvalue weighted by Crippen LogP contribution is 2.33. The summed E-state index contributed by atoms with van der Waals surface area (Å²) in [6, 6.07) is 1.78. The number of nitrogen functional groups attached to an aromatic ring is 1. The van der Waals surface area contributed by atoms with Crippen LogP contribution in [0.4, 0.5) is 24.8 Å². The van der Waals surface area contributed by atoms with Crippen LogP contribution in [0, 0.1) is 5.92 Å². The van der Waals surface area contributed by atoms with Crippen LogP contribution in [0.3, 0.4) is 0 Å². The number of aliphatic hydroxyl groups is 1. The van der Waals surface area contributed by atoms with Gasteiger partial charge in [0.15, 0.2) is 0 Å². The van der Waals surface area contributed by atoms with Crippen molar-refractivity contribution in [2.75, 3.05) is 23.7 Å². The van der Waals surface area contributed by atoms with Gasteiger partial charge >= 0.3 is 6.18 Å². The van der Waals surface area contributed by atoms with Gasteiger partial charge in [-0.05, 0) is 24.5 Å². The third kappa shape index (κ3) is 3.09. The van der Waals surface area contributed by atoms with Gasteiger partial charge in [0.05, 0.1) is 11.7 Å². The standard InChI is InChI=1S/C12H16F3N3O/c1-7-2-3-18(6-9(7)19)11-5-8(12(13,14)15)4-10(16)17-11/h4-5,7,9,19H,2-3,6H2,1H3,(H2,16,17). The Kier molecular flexibility index (Phi) is 3.58. The highest BCUT2D eigenvalue weighted by Gasteiger charge is 2.33. The number of pyridine rings is 1. The van der Waals surface area contributed by atoms with Crippen molar-refractivity contribution < 1.29 is 18.3 Å². The van der Waals surface area contributed by atoms with E-state index in [0.29, 0.717) is 13.0 Å². The minimum absolute atomic E-state index is 0.138. The van der Waals surface area contributed by atoms with E-state index in [4.69, 9.17) is 5.73 Å². The SMILES string of the molecule is CC1CCN(c2cc(C(F)(F)F)cc(N)n2)CC1O. The lowest BCUT2D eigenvalue weighted by atomic mass is 9.96. The van der Waals surface area contributed by atoms with Gasteiger partial charge in [0.1, 0.15) is 11.6 Å². The number of hydrogen-bond donors (Lipinski definition) is 2. The average Bonchev–Trinajstić information content (AvgIpc) is 2.31. The monoisotopic (exact) mass is 275 g/mol. The van der Waals surface area contributed by atoms with Crippen LogP contribution in [0.2, 0.25) is 0 Å². The highest BCUT2D eigenvalue weighted by atomic mass is 19.4. The Bertz CT molecular complexity index is 464. The average molecular weight is 275 g/mol. The van der Waals surface area contributed by atoms with E-state index >= 15 is 0 Å². The van der Waals surface area contributed by atoms with Gasteiger partial charge in [-0.2, -0.15) is 13.2 Å². The molecule has 1 aliphatic heterocycles. The number of alkyl halides is 3. The van der Waals surface area contributed by atoms with Gasteiger partial charge < -0.3 is 15.7 Å². The Hall–Kier alpha value is -1.50. The first-order chi connectivity index (χ1) is 8.77. The van der Waals surface area contributed by atoms with Crippen molar-refractivity contribution in [3.63, 3.8) is 0 Å². The number of nitrogens with zero attached hydrogens (tertiary/aromatic N) is 2. The quantitative estimate of drug-likeness (QED) is 0.821. The van der Waals surface area contributed by atoms with Crippen molar-refractivity contribution in [3.05, 3.63) is 17.7 Å². The molecule has 1 aliphatic rings. The largest absolute Gasteiger partial charge is 0.416 e. The van der Waals surface area contributed by atoms with Crippen LogP contribution in [-0.2, 0) is 6.18 Å². The molecule has 1 fully saturated rings. The normalized spacial score (nSPS) is 24.6. The zero-order valence-electron chi connectivity index (χ0n) is 10.5. The molecule has 4 nitrogen and oxygen atoms in total. The molecule has 0 amide bonds. The van der Waals surface area contributed by atoms with Crippen LogP contribution >= 0.6 is 0 Å². The number of β-amino-alcohol motifs (C(OH)–C–C–N with tert-alkyl or cyclic N) is 1. The summed E-state index contributed by atoms with van der Waals surface area (Å²) in [5, 5.41) is 9.78. The Labute approximate surface area is 109 Å². The molecule has 7 heteroatoms. The van der Waals surface area contributed by atoms with E-state index < -0.39 is 17.8 Å². The zero-order valence-corrected chi connectivity index (χ0v) is 10.5. The van der Waals surface area contributed by atoms with Gasteiger partial charge in [0.25, 0.3) is 0 Å². The lowest BCUT2D eigenvalue weighted by molar-refractivity contribution is -0.137. The van der Waals surface area contributed by atoms with Gasteiger partial charge in [-0.25, -0.2) is 4.98 Å². The van der Waals surface area contributed by atoms with Crippen molar-refractivity contribution in [2.24, 2.45) is 5.92 Å². The van der Waals surface area contributed by atoms with E-state index in [9.17, 15) is 18.3 Å². The van der Waals surface area contributed by atoms with Crippen LogP contribution in [0.15, 0.2) is 12.1 Å². The van der Waals surface area contributed by atoms with Crippen molar-refractivity contribution in [1.29, 1.82) is 0 Å². The Balaban J connectivity index is 2.28. The number of nitrogens with two attached hydrogens (primary N) is 1. The first-order valence-corrected chi connectivity index (χ1v) is 6.05. The first kappa shape index (κ1) is 13.9. The molecule has 0 saturated carbocycles. The van der Waals surface area contributed by atoms with E-state index in [-0.39, 0.29) is 24.1 Å². The summed E-state index contributed by atoms with van der Waals surface area (Å²) >= 11 is 0. The topological polar surface area (TPSA) is 62.4 Å². The fourth-order valence-corrected chi connectivity index (χ4v) is 2.12. The third-order valence-corrected chi connectivity index (χ3v) is 3.40.